The van der Waals surface area contributed by atoms with E-state index in [1.165, 1.54) is 36.1 Å². The molecular formula is C14H22N2. The van der Waals surface area contributed by atoms with E-state index in [9.17, 15) is 0 Å². The Hall–Kier alpha value is -1.18. The molecule has 1 aliphatic rings. The zero-order chi connectivity index (χ0) is 11.7. The first-order valence-electron chi connectivity index (χ1n) is 6.23. The summed E-state index contributed by atoms with van der Waals surface area (Å²) in [6.45, 7) is 7.69. The largest absolute Gasteiger partial charge is 0.397 e. The normalized spacial score (nSPS) is 21.2. The molecule has 2 heteroatoms. The number of aryl methyl sites for hydroxylation is 2. The Balaban J connectivity index is 2.38. The van der Waals surface area contributed by atoms with Crippen LogP contribution in [0.5, 0.6) is 0 Å². The Kier molecular flexibility index (Phi) is 3.08. The fraction of sp³-hybridized carbons (Fsp3) is 0.571. The van der Waals surface area contributed by atoms with Gasteiger partial charge in [0.25, 0.3) is 0 Å². The average Bonchev–Trinajstić information content (AvgIpc) is 2.24. The Bertz CT molecular complexity index is 385. The SMILES string of the molecule is Cc1cc(C)c(N)c(N2CCCCC2C)c1. The minimum atomic E-state index is 0.622. The second kappa shape index (κ2) is 4.36. The molecule has 1 fully saturated rings. The van der Waals surface area contributed by atoms with Crippen LogP contribution in [0.3, 0.4) is 0 Å². The summed E-state index contributed by atoms with van der Waals surface area (Å²) in [4.78, 5) is 2.47. The number of hydrogen-bond donors (Lipinski definition) is 1. The van der Waals surface area contributed by atoms with Gasteiger partial charge in [-0.05, 0) is 57.2 Å². The minimum absolute atomic E-state index is 0.622. The molecule has 0 saturated carbocycles. The molecule has 0 aliphatic carbocycles. The van der Waals surface area contributed by atoms with E-state index in [1.807, 2.05) is 0 Å². The van der Waals surface area contributed by atoms with Crippen molar-refractivity contribution >= 4 is 11.4 Å². The van der Waals surface area contributed by atoms with Gasteiger partial charge in [-0.1, -0.05) is 6.07 Å². The predicted octanol–water partition coefficient (Wildman–Crippen LogP) is 3.26. The zero-order valence-electron chi connectivity index (χ0n) is 10.6. The van der Waals surface area contributed by atoms with Crippen molar-refractivity contribution in [2.75, 3.05) is 17.2 Å². The van der Waals surface area contributed by atoms with E-state index in [0.717, 1.165) is 12.2 Å². The Morgan fingerprint density at radius 2 is 2.00 bits per heavy atom. The topological polar surface area (TPSA) is 29.3 Å². The molecule has 1 aromatic carbocycles. The predicted molar refractivity (Wildman–Crippen MR) is 71.0 cm³/mol. The summed E-state index contributed by atoms with van der Waals surface area (Å²) in [5.41, 5.74) is 10.9. The Labute approximate surface area is 98.4 Å². The highest BCUT2D eigenvalue weighted by molar-refractivity contribution is 5.72. The third-order valence-corrected chi connectivity index (χ3v) is 3.62. The van der Waals surface area contributed by atoms with Crippen molar-refractivity contribution in [2.45, 2.75) is 46.1 Å². The van der Waals surface area contributed by atoms with Crippen LogP contribution in [0.15, 0.2) is 12.1 Å². The van der Waals surface area contributed by atoms with E-state index in [-0.39, 0.29) is 0 Å². The smallest absolute Gasteiger partial charge is 0.0607 e. The van der Waals surface area contributed by atoms with Crippen molar-refractivity contribution in [3.8, 4) is 0 Å². The lowest BCUT2D eigenvalue weighted by atomic mass is 10.0. The van der Waals surface area contributed by atoms with Crippen molar-refractivity contribution < 1.29 is 0 Å². The van der Waals surface area contributed by atoms with Gasteiger partial charge in [-0.25, -0.2) is 0 Å². The highest BCUT2D eigenvalue weighted by atomic mass is 15.2. The number of nitrogens with two attached hydrogens (primary N) is 1. The van der Waals surface area contributed by atoms with Gasteiger partial charge in [0.2, 0.25) is 0 Å². The highest BCUT2D eigenvalue weighted by Crippen LogP contribution is 2.32. The Morgan fingerprint density at radius 1 is 1.25 bits per heavy atom. The van der Waals surface area contributed by atoms with Gasteiger partial charge in [0.15, 0.2) is 0 Å². The maximum absolute atomic E-state index is 6.20. The van der Waals surface area contributed by atoms with E-state index >= 15 is 0 Å². The van der Waals surface area contributed by atoms with Crippen LogP contribution in [-0.4, -0.2) is 12.6 Å². The monoisotopic (exact) mass is 218 g/mol. The average molecular weight is 218 g/mol. The molecule has 16 heavy (non-hydrogen) atoms. The van der Waals surface area contributed by atoms with Crippen molar-refractivity contribution in [1.82, 2.24) is 0 Å². The quantitative estimate of drug-likeness (QED) is 0.733. The van der Waals surface area contributed by atoms with Gasteiger partial charge >= 0.3 is 0 Å². The van der Waals surface area contributed by atoms with Crippen LogP contribution in [-0.2, 0) is 0 Å². The molecule has 0 amide bonds. The van der Waals surface area contributed by atoms with Gasteiger partial charge in [-0.15, -0.1) is 0 Å². The van der Waals surface area contributed by atoms with E-state index < -0.39 is 0 Å². The molecule has 2 N–H and O–H groups in total. The van der Waals surface area contributed by atoms with E-state index in [4.69, 9.17) is 5.73 Å². The number of piperidine rings is 1. The highest BCUT2D eigenvalue weighted by Gasteiger charge is 2.20. The third-order valence-electron chi connectivity index (χ3n) is 3.62. The number of nitrogen functional groups attached to an aromatic ring is 1. The summed E-state index contributed by atoms with van der Waals surface area (Å²) in [6.07, 6.45) is 3.92. The van der Waals surface area contributed by atoms with Crippen molar-refractivity contribution in [3.63, 3.8) is 0 Å². The standard InChI is InChI=1S/C14H22N2/c1-10-8-11(2)14(15)13(9-10)16-7-5-4-6-12(16)3/h8-9,12H,4-7,15H2,1-3H3. The van der Waals surface area contributed by atoms with Gasteiger partial charge in [-0.3, -0.25) is 0 Å². The molecule has 2 rings (SSSR count). The number of anilines is 2. The minimum Gasteiger partial charge on any atom is -0.397 e. The van der Waals surface area contributed by atoms with Crippen LogP contribution in [0.4, 0.5) is 11.4 Å². The van der Waals surface area contributed by atoms with Gasteiger partial charge < -0.3 is 10.6 Å². The fourth-order valence-electron chi connectivity index (χ4n) is 2.65. The summed E-state index contributed by atoms with van der Waals surface area (Å²) in [5.74, 6) is 0. The third kappa shape index (κ3) is 2.01. The van der Waals surface area contributed by atoms with Crippen LogP contribution in [0.1, 0.15) is 37.3 Å². The van der Waals surface area contributed by atoms with Gasteiger partial charge in [-0.2, -0.15) is 0 Å². The summed E-state index contributed by atoms with van der Waals surface area (Å²) in [7, 11) is 0. The van der Waals surface area contributed by atoms with Crippen LogP contribution >= 0.6 is 0 Å². The van der Waals surface area contributed by atoms with Gasteiger partial charge in [0.1, 0.15) is 0 Å². The number of rotatable bonds is 1. The molecular weight excluding hydrogens is 196 g/mol. The molecule has 1 heterocycles. The Morgan fingerprint density at radius 3 is 2.69 bits per heavy atom. The number of benzene rings is 1. The molecule has 88 valence electrons. The molecule has 0 aromatic heterocycles. The van der Waals surface area contributed by atoms with E-state index in [2.05, 4.69) is 37.8 Å². The van der Waals surface area contributed by atoms with Crippen molar-refractivity contribution in [2.24, 2.45) is 0 Å². The molecule has 1 unspecified atom stereocenters. The lowest BCUT2D eigenvalue weighted by Crippen LogP contribution is -2.38. The summed E-state index contributed by atoms with van der Waals surface area (Å²) < 4.78 is 0. The van der Waals surface area contributed by atoms with Crippen LogP contribution < -0.4 is 10.6 Å². The van der Waals surface area contributed by atoms with Gasteiger partial charge in [0.05, 0.1) is 11.4 Å². The lowest BCUT2D eigenvalue weighted by Gasteiger charge is -2.36. The summed E-state index contributed by atoms with van der Waals surface area (Å²) in [5, 5.41) is 0. The zero-order valence-corrected chi connectivity index (χ0v) is 10.6. The van der Waals surface area contributed by atoms with E-state index in [1.54, 1.807) is 0 Å². The first kappa shape index (κ1) is 11.3. The molecule has 1 atom stereocenters. The van der Waals surface area contributed by atoms with Crippen molar-refractivity contribution in [1.29, 1.82) is 0 Å². The summed E-state index contributed by atoms with van der Waals surface area (Å²) >= 11 is 0. The number of nitrogens with zero attached hydrogens (tertiary/aromatic N) is 1. The van der Waals surface area contributed by atoms with Crippen LogP contribution in [0.25, 0.3) is 0 Å². The first-order valence-corrected chi connectivity index (χ1v) is 6.23. The van der Waals surface area contributed by atoms with Crippen molar-refractivity contribution in [3.05, 3.63) is 23.3 Å². The molecule has 0 bridgehead atoms. The first-order chi connectivity index (χ1) is 7.59. The number of hydrogen-bond acceptors (Lipinski definition) is 2. The summed E-state index contributed by atoms with van der Waals surface area (Å²) in [6, 6.07) is 5.01. The molecule has 1 aromatic rings. The lowest BCUT2D eigenvalue weighted by molar-refractivity contribution is 0.485. The second-order valence-electron chi connectivity index (χ2n) is 5.05. The van der Waals surface area contributed by atoms with Crippen LogP contribution in [0, 0.1) is 13.8 Å². The maximum atomic E-state index is 6.20. The molecule has 0 spiro atoms. The fourth-order valence-corrected chi connectivity index (χ4v) is 2.65. The van der Waals surface area contributed by atoms with E-state index in [0.29, 0.717) is 6.04 Å². The molecule has 1 saturated heterocycles. The second-order valence-corrected chi connectivity index (χ2v) is 5.05. The van der Waals surface area contributed by atoms with Gasteiger partial charge in [0, 0.05) is 12.6 Å². The molecule has 1 aliphatic heterocycles. The maximum Gasteiger partial charge on any atom is 0.0607 e. The molecule has 2 nitrogen and oxygen atoms in total. The molecule has 0 radical (unpaired) electrons. The van der Waals surface area contributed by atoms with Crippen LogP contribution in [0.2, 0.25) is 0 Å².